The number of methoxy groups -OCH3 is 1. The Bertz CT molecular complexity index is 618. The van der Waals surface area contributed by atoms with Crippen LogP contribution in [0.4, 0.5) is 0 Å². The lowest BCUT2D eigenvalue weighted by molar-refractivity contribution is 0.255. The van der Waals surface area contributed by atoms with Gasteiger partial charge < -0.3 is 4.74 Å². The molecule has 0 fully saturated rings. The van der Waals surface area contributed by atoms with Crippen molar-refractivity contribution in [2.24, 2.45) is 0 Å². The van der Waals surface area contributed by atoms with Crippen LogP contribution >= 0.6 is 15.9 Å². The maximum atomic E-state index is 5.33. The second kappa shape index (κ2) is 6.54. The molecule has 0 unspecified atom stereocenters. The van der Waals surface area contributed by atoms with E-state index in [1.54, 1.807) is 19.5 Å². The zero-order valence-electron chi connectivity index (χ0n) is 12.1. The minimum absolute atomic E-state index is 0.925. The van der Waals surface area contributed by atoms with Gasteiger partial charge in [0.1, 0.15) is 5.75 Å². The Morgan fingerprint density at radius 2 is 2.24 bits per heavy atom. The van der Waals surface area contributed by atoms with Gasteiger partial charge in [0.05, 0.1) is 12.8 Å². The van der Waals surface area contributed by atoms with Gasteiger partial charge in [0.25, 0.3) is 0 Å². The molecule has 4 nitrogen and oxygen atoms in total. The lowest BCUT2D eigenvalue weighted by atomic mass is 9.99. The molecule has 1 aromatic heterocycles. The molecule has 1 aliphatic heterocycles. The number of aromatic nitrogens is 2. The van der Waals surface area contributed by atoms with Gasteiger partial charge in [0, 0.05) is 49.1 Å². The molecule has 1 aromatic carbocycles. The first-order chi connectivity index (χ1) is 10.3. The van der Waals surface area contributed by atoms with E-state index in [2.05, 4.69) is 36.9 Å². The van der Waals surface area contributed by atoms with Gasteiger partial charge in [0.2, 0.25) is 0 Å². The second-order valence-corrected chi connectivity index (χ2v) is 6.07. The highest BCUT2D eigenvalue weighted by Crippen LogP contribution is 2.31. The zero-order chi connectivity index (χ0) is 14.7. The van der Waals surface area contributed by atoms with E-state index in [-0.39, 0.29) is 0 Å². The van der Waals surface area contributed by atoms with E-state index in [9.17, 15) is 0 Å². The second-order valence-electron chi connectivity index (χ2n) is 5.22. The number of halogens is 1. The Morgan fingerprint density at radius 1 is 1.33 bits per heavy atom. The number of hydrogen-bond acceptors (Lipinski definition) is 4. The first kappa shape index (κ1) is 14.5. The van der Waals surface area contributed by atoms with Gasteiger partial charge in [-0.15, -0.1) is 0 Å². The standard InChI is InChI=1S/C16H18BrN3O/c1-21-14-8-12-2-6-20(11-15(12)16(17)9-14)7-3-13-10-18-4-5-19-13/h4-5,8-10H,2-3,6-7,11H2,1H3. The van der Waals surface area contributed by atoms with Crippen molar-refractivity contribution in [3.63, 3.8) is 0 Å². The third kappa shape index (κ3) is 3.41. The van der Waals surface area contributed by atoms with Gasteiger partial charge in [-0.2, -0.15) is 0 Å². The Labute approximate surface area is 133 Å². The van der Waals surface area contributed by atoms with Crippen LogP contribution < -0.4 is 4.74 Å². The molecule has 3 rings (SSSR count). The summed E-state index contributed by atoms with van der Waals surface area (Å²) < 4.78 is 6.47. The van der Waals surface area contributed by atoms with E-state index in [1.807, 2.05) is 12.3 Å². The number of hydrogen-bond donors (Lipinski definition) is 0. The van der Waals surface area contributed by atoms with Gasteiger partial charge in [-0.25, -0.2) is 0 Å². The van der Waals surface area contributed by atoms with Gasteiger partial charge in [-0.1, -0.05) is 15.9 Å². The Balaban J connectivity index is 1.67. The third-order valence-corrected chi connectivity index (χ3v) is 4.58. The highest BCUT2D eigenvalue weighted by atomic mass is 79.9. The largest absolute Gasteiger partial charge is 0.497 e. The van der Waals surface area contributed by atoms with E-state index < -0.39 is 0 Å². The quantitative estimate of drug-likeness (QED) is 0.852. The number of rotatable bonds is 4. The summed E-state index contributed by atoms with van der Waals surface area (Å²) in [6, 6.07) is 4.20. The van der Waals surface area contributed by atoms with Crippen LogP contribution in [-0.2, 0) is 19.4 Å². The summed E-state index contributed by atoms with van der Waals surface area (Å²) in [5.74, 6) is 0.925. The minimum atomic E-state index is 0.925. The van der Waals surface area contributed by atoms with Crippen molar-refractivity contribution < 1.29 is 4.74 Å². The molecule has 0 aliphatic carbocycles. The van der Waals surface area contributed by atoms with E-state index in [0.717, 1.165) is 48.4 Å². The van der Waals surface area contributed by atoms with Crippen LogP contribution in [-0.4, -0.2) is 35.1 Å². The van der Waals surface area contributed by atoms with Crippen molar-refractivity contribution in [1.29, 1.82) is 0 Å². The highest BCUT2D eigenvalue weighted by Gasteiger charge is 2.19. The molecule has 21 heavy (non-hydrogen) atoms. The fraction of sp³-hybridized carbons (Fsp3) is 0.375. The highest BCUT2D eigenvalue weighted by molar-refractivity contribution is 9.10. The normalized spacial score (nSPS) is 14.8. The predicted octanol–water partition coefficient (Wildman–Crippen LogP) is 2.85. The van der Waals surface area contributed by atoms with Crippen LogP contribution in [0.3, 0.4) is 0 Å². The molecule has 110 valence electrons. The molecule has 0 radical (unpaired) electrons. The van der Waals surface area contributed by atoms with Crippen molar-refractivity contribution in [2.45, 2.75) is 19.4 Å². The van der Waals surface area contributed by atoms with E-state index in [4.69, 9.17) is 4.74 Å². The van der Waals surface area contributed by atoms with Crippen molar-refractivity contribution in [2.75, 3.05) is 20.2 Å². The molecule has 5 heteroatoms. The van der Waals surface area contributed by atoms with Crippen LogP contribution in [0.1, 0.15) is 16.8 Å². The summed E-state index contributed by atoms with van der Waals surface area (Å²) in [6.45, 7) is 3.06. The first-order valence-electron chi connectivity index (χ1n) is 7.09. The van der Waals surface area contributed by atoms with Gasteiger partial charge in [-0.05, 0) is 29.7 Å². The molecule has 2 heterocycles. The Hall–Kier alpha value is -1.46. The van der Waals surface area contributed by atoms with Crippen molar-refractivity contribution in [3.8, 4) is 5.75 Å². The molecule has 2 aromatic rings. The topological polar surface area (TPSA) is 38.2 Å². The average molecular weight is 348 g/mol. The van der Waals surface area contributed by atoms with Crippen molar-refractivity contribution in [1.82, 2.24) is 14.9 Å². The zero-order valence-corrected chi connectivity index (χ0v) is 13.6. The number of ether oxygens (including phenoxy) is 1. The van der Waals surface area contributed by atoms with Gasteiger partial charge >= 0.3 is 0 Å². The van der Waals surface area contributed by atoms with Crippen LogP contribution in [0, 0.1) is 0 Å². The summed E-state index contributed by atoms with van der Waals surface area (Å²) in [4.78, 5) is 10.9. The SMILES string of the molecule is COc1cc(Br)c2c(c1)CCN(CCc1cnccn1)C2. The number of fused-ring (bicyclic) bond motifs is 1. The maximum absolute atomic E-state index is 5.33. The van der Waals surface area contributed by atoms with Gasteiger partial charge in [0.15, 0.2) is 0 Å². The maximum Gasteiger partial charge on any atom is 0.120 e. The fourth-order valence-electron chi connectivity index (χ4n) is 2.69. The van der Waals surface area contributed by atoms with E-state index in [0.29, 0.717) is 0 Å². The smallest absolute Gasteiger partial charge is 0.120 e. The molecule has 1 aliphatic rings. The molecular weight excluding hydrogens is 330 g/mol. The van der Waals surface area contributed by atoms with Crippen LogP contribution in [0.15, 0.2) is 35.2 Å². The minimum Gasteiger partial charge on any atom is -0.497 e. The molecule has 0 spiro atoms. The molecule has 0 saturated carbocycles. The predicted molar refractivity (Wildman–Crippen MR) is 85.4 cm³/mol. The number of nitrogens with zero attached hydrogens (tertiary/aromatic N) is 3. The van der Waals surface area contributed by atoms with Crippen LogP contribution in [0.2, 0.25) is 0 Å². The summed E-state index contributed by atoms with van der Waals surface area (Å²) in [6.07, 6.45) is 7.32. The van der Waals surface area contributed by atoms with Crippen LogP contribution in [0.5, 0.6) is 5.75 Å². The van der Waals surface area contributed by atoms with Gasteiger partial charge in [-0.3, -0.25) is 14.9 Å². The average Bonchev–Trinajstić information content (AvgIpc) is 2.54. The number of benzene rings is 1. The molecule has 0 N–H and O–H groups in total. The lowest BCUT2D eigenvalue weighted by Gasteiger charge is -2.29. The monoisotopic (exact) mass is 347 g/mol. The van der Waals surface area contributed by atoms with Crippen LogP contribution in [0.25, 0.3) is 0 Å². The van der Waals surface area contributed by atoms with E-state index >= 15 is 0 Å². The van der Waals surface area contributed by atoms with E-state index in [1.165, 1.54) is 11.1 Å². The first-order valence-corrected chi connectivity index (χ1v) is 7.88. The fourth-order valence-corrected chi connectivity index (χ4v) is 3.29. The molecular formula is C16H18BrN3O. The molecule has 0 amide bonds. The summed E-state index contributed by atoms with van der Waals surface area (Å²) in [5, 5.41) is 0. The third-order valence-electron chi connectivity index (χ3n) is 3.88. The molecule has 0 atom stereocenters. The molecule has 0 saturated heterocycles. The Kier molecular flexibility index (Phi) is 4.51. The summed E-state index contributed by atoms with van der Waals surface area (Å²) in [7, 11) is 1.71. The van der Waals surface area contributed by atoms with Crippen molar-refractivity contribution >= 4 is 15.9 Å². The molecule has 0 bridgehead atoms. The van der Waals surface area contributed by atoms with Crippen molar-refractivity contribution in [3.05, 3.63) is 52.0 Å². The lowest BCUT2D eigenvalue weighted by Crippen LogP contribution is -2.32. The summed E-state index contributed by atoms with van der Waals surface area (Å²) >= 11 is 3.67. The Morgan fingerprint density at radius 3 is 3.00 bits per heavy atom. The summed E-state index contributed by atoms with van der Waals surface area (Å²) in [5.41, 5.74) is 3.82.